The summed E-state index contributed by atoms with van der Waals surface area (Å²) in [4.78, 5) is 0. The van der Waals surface area contributed by atoms with E-state index in [1.165, 1.54) is 36.8 Å². The van der Waals surface area contributed by atoms with Gasteiger partial charge in [0.1, 0.15) is 0 Å². The first-order chi connectivity index (χ1) is 10.6. The summed E-state index contributed by atoms with van der Waals surface area (Å²) in [6.45, 7) is 9.55. The van der Waals surface area contributed by atoms with Crippen molar-refractivity contribution >= 4 is 0 Å². The molecule has 0 saturated heterocycles. The van der Waals surface area contributed by atoms with Crippen LogP contribution in [0, 0.1) is 5.41 Å². The topological polar surface area (TPSA) is 0 Å². The average molecular weight is 294 g/mol. The zero-order valence-corrected chi connectivity index (χ0v) is 14.6. The third kappa shape index (κ3) is 2.97. The van der Waals surface area contributed by atoms with Gasteiger partial charge in [0, 0.05) is 5.41 Å². The van der Waals surface area contributed by atoms with Crippen molar-refractivity contribution in [1.82, 2.24) is 0 Å². The molecule has 2 aromatic carbocycles. The maximum atomic E-state index is 2.49. The van der Waals surface area contributed by atoms with Crippen LogP contribution in [0.3, 0.4) is 0 Å². The fourth-order valence-corrected chi connectivity index (χ4v) is 4.14. The average Bonchev–Trinajstić information content (AvgIpc) is 2.56. The van der Waals surface area contributed by atoms with Crippen LogP contribution < -0.4 is 0 Å². The van der Waals surface area contributed by atoms with E-state index < -0.39 is 0 Å². The van der Waals surface area contributed by atoms with Gasteiger partial charge in [0.25, 0.3) is 0 Å². The van der Waals surface area contributed by atoms with Gasteiger partial charge in [0.05, 0.1) is 0 Å². The third-order valence-corrected chi connectivity index (χ3v) is 5.51. The second-order valence-corrected chi connectivity index (χ2v) is 6.92. The summed E-state index contributed by atoms with van der Waals surface area (Å²) >= 11 is 0. The molecular formula is C22H30. The van der Waals surface area contributed by atoms with E-state index in [4.69, 9.17) is 0 Å². The molecule has 0 heteroatoms. The molecule has 0 aliphatic rings. The largest absolute Gasteiger partial charge is 0.0654 e. The van der Waals surface area contributed by atoms with Gasteiger partial charge in [0.15, 0.2) is 0 Å². The molecule has 0 fully saturated rings. The Balaban J connectivity index is 2.64. The Morgan fingerprint density at radius 2 is 1.00 bits per heavy atom. The minimum absolute atomic E-state index is 0.0432. The lowest BCUT2D eigenvalue weighted by atomic mass is 9.55. The Morgan fingerprint density at radius 1 is 0.636 bits per heavy atom. The summed E-state index contributed by atoms with van der Waals surface area (Å²) in [6, 6.07) is 22.1. The lowest BCUT2D eigenvalue weighted by molar-refractivity contribution is 0.154. The van der Waals surface area contributed by atoms with Crippen LogP contribution >= 0.6 is 0 Å². The molecule has 0 nitrogen and oxygen atoms in total. The molecule has 0 bridgehead atoms. The van der Waals surface area contributed by atoms with Gasteiger partial charge in [0.2, 0.25) is 0 Å². The summed E-state index contributed by atoms with van der Waals surface area (Å²) in [5, 5.41) is 0. The molecule has 0 aliphatic carbocycles. The maximum absolute atomic E-state index is 2.49. The second-order valence-electron chi connectivity index (χ2n) is 6.92. The molecule has 0 amide bonds. The number of hydrogen-bond donors (Lipinski definition) is 0. The van der Waals surface area contributed by atoms with Crippen molar-refractivity contribution in [1.29, 1.82) is 0 Å². The molecule has 0 N–H and O–H groups in total. The van der Waals surface area contributed by atoms with Crippen LogP contribution in [0.15, 0.2) is 60.7 Å². The highest BCUT2D eigenvalue weighted by molar-refractivity contribution is 5.41. The molecule has 0 saturated carbocycles. The van der Waals surface area contributed by atoms with Crippen molar-refractivity contribution in [2.45, 2.75) is 58.8 Å². The fourth-order valence-electron chi connectivity index (χ4n) is 4.14. The smallest absolute Gasteiger partial charge is 0.0228 e. The van der Waals surface area contributed by atoms with E-state index in [1.54, 1.807) is 0 Å². The van der Waals surface area contributed by atoms with Crippen molar-refractivity contribution in [3.8, 4) is 0 Å². The molecule has 2 aromatic rings. The van der Waals surface area contributed by atoms with Gasteiger partial charge in [-0.3, -0.25) is 0 Å². The molecule has 0 spiro atoms. The molecule has 0 aromatic heterocycles. The van der Waals surface area contributed by atoms with Gasteiger partial charge < -0.3 is 0 Å². The van der Waals surface area contributed by atoms with E-state index in [0.717, 1.165) is 0 Å². The highest BCUT2D eigenvalue weighted by Gasteiger charge is 2.45. The van der Waals surface area contributed by atoms with E-state index >= 15 is 0 Å². The minimum Gasteiger partial charge on any atom is -0.0654 e. The number of benzene rings is 2. The lowest BCUT2D eigenvalue weighted by Gasteiger charge is -2.48. The Kier molecular flexibility index (Phi) is 5.45. The lowest BCUT2D eigenvalue weighted by Crippen LogP contribution is -2.42. The predicted molar refractivity (Wildman–Crippen MR) is 97.3 cm³/mol. The highest BCUT2D eigenvalue weighted by Crippen LogP contribution is 2.52. The summed E-state index contributed by atoms with van der Waals surface area (Å²) < 4.78 is 0. The van der Waals surface area contributed by atoms with E-state index in [9.17, 15) is 0 Å². The van der Waals surface area contributed by atoms with Crippen LogP contribution in [0.4, 0.5) is 0 Å². The van der Waals surface area contributed by atoms with Crippen LogP contribution in [0.25, 0.3) is 0 Å². The van der Waals surface area contributed by atoms with Gasteiger partial charge in [-0.05, 0) is 29.4 Å². The van der Waals surface area contributed by atoms with Crippen LogP contribution in [0.1, 0.15) is 64.5 Å². The van der Waals surface area contributed by atoms with Crippen molar-refractivity contribution in [3.63, 3.8) is 0 Å². The molecule has 0 radical (unpaired) electrons. The molecule has 0 aliphatic heterocycles. The first kappa shape index (κ1) is 16.8. The number of rotatable bonds is 7. The SMILES string of the molecule is CCCC(C)(CCC)C(C)(c1ccccc1)c1ccccc1. The summed E-state index contributed by atoms with van der Waals surface area (Å²) in [5.74, 6) is 0. The summed E-state index contributed by atoms with van der Waals surface area (Å²) in [6.07, 6.45) is 4.96. The molecule has 0 unspecified atom stereocenters. The molecule has 22 heavy (non-hydrogen) atoms. The third-order valence-electron chi connectivity index (χ3n) is 5.51. The Labute approximate surface area is 136 Å². The normalized spacial score (nSPS) is 12.4. The van der Waals surface area contributed by atoms with Crippen LogP contribution in [0.5, 0.6) is 0 Å². The Morgan fingerprint density at radius 3 is 1.32 bits per heavy atom. The monoisotopic (exact) mass is 294 g/mol. The summed E-state index contributed by atoms with van der Waals surface area (Å²) in [5.41, 5.74) is 3.18. The summed E-state index contributed by atoms with van der Waals surface area (Å²) in [7, 11) is 0. The molecule has 2 rings (SSSR count). The fraction of sp³-hybridized carbons (Fsp3) is 0.455. The van der Waals surface area contributed by atoms with Crippen molar-refractivity contribution in [3.05, 3.63) is 71.8 Å². The first-order valence-electron chi connectivity index (χ1n) is 8.69. The van der Waals surface area contributed by atoms with Crippen molar-refractivity contribution in [2.75, 3.05) is 0 Å². The zero-order chi connectivity index (χ0) is 16.1. The van der Waals surface area contributed by atoms with Gasteiger partial charge >= 0.3 is 0 Å². The Bertz CT molecular complexity index is 508. The van der Waals surface area contributed by atoms with Gasteiger partial charge in [-0.1, -0.05) is 101 Å². The van der Waals surface area contributed by atoms with Crippen LogP contribution in [0.2, 0.25) is 0 Å². The van der Waals surface area contributed by atoms with E-state index in [1.807, 2.05) is 0 Å². The Hall–Kier alpha value is -1.56. The van der Waals surface area contributed by atoms with Gasteiger partial charge in [-0.15, -0.1) is 0 Å². The van der Waals surface area contributed by atoms with Crippen LogP contribution in [-0.4, -0.2) is 0 Å². The highest BCUT2D eigenvalue weighted by atomic mass is 14.5. The maximum Gasteiger partial charge on any atom is 0.0228 e. The van der Waals surface area contributed by atoms with E-state index in [2.05, 4.69) is 88.4 Å². The van der Waals surface area contributed by atoms with Crippen LogP contribution in [-0.2, 0) is 5.41 Å². The quantitative estimate of drug-likeness (QED) is 0.539. The molecule has 118 valence electrons. The number of hydrogen-bond acceptors (Lipinski definition) is 0. The predicted octanol–water partition coefficient (Wildman–Crippen LogP) is 6.60. The molecule has 0 heterocycles. The zero-order valence-electron chi connectivity index (χ0n) is 14.6. The van der Waals surface area contributed by atoms with E-state index in [-0.39, 0.29) is 10.8 Å². The first-order valence-corrected chi connectivity index (χ1v) is 8.69. The molecule has 0 atom stereocenters. The van der Waals surface area contributed by atoms with Crippen molar-refractivity contribution in [2.24, 2.45) is 5.41 Å². The second kappa shape index (κ2) is 7.13. The standard InChI is InChI=1S/C22H30/c1-5-17-21(3,18-6-2)22(4,19-13-9-7-10-14-19)20-15-11-8-12-16-20/h7-16H,5-6,17-18H2,1-4H3. The van der Waals surface area contributed by atoms with Crippen molar-refractivity contribution < 1.29 is 0 Å². The van der Waals surface area contributed by atoms with Gasteiger partial charge in [-0.25, -0.2) is 0 Å². The van der Waals surface area contributed by atoms with Gasteiger partial charge in [-0.2, -0.15) is 0 Å². The molecular weight excluding hydrogens is 264 g/mol. The minimum atomic E-state index is 0.0432. The van der Waals surface area contributed by atoms with E-state index in [0.29, 0.717) is 0 Å².